The molecule has 0 aliphatic carbocycles. The molecule has 7 nitrogen and oxygen atoms in total. The van der Waals surface area contributed by atoms with Crippen molar-refractivity contribution in [2.24, 2.45) is 5.16 Å². The number of ether oxygens (including phenoxy) is 2. The van der Waals surface area contributed by atoms with Crippen LogP contribution < -0.4 is 14.8 Å². The molecule has 1 amide bonds. The molecule has 1 aromatic carbocycles. The predicted molar refractivity (Wildman–Crippen MR) is 119 cm³/mol. The summed E-state index contributed by atoms with van der Waals surface area (Å²) in [7, 11) is 1.58. The van der Waals surface area contributed by atoms with Gasteiger partial charge in [0.15, 0.2) is 11.5 Å². The Kier molecular flexibility index (Phi) is 6.69. The minimum Gasteiger partial charge on any atom is -0.493 e. The highest BCUT2D eigenvalue weighted by Gasteiger charge is 2.29. The van der Waals surface area contributed by atoms with Crippen molar-refractivity contribution in [3.63, 3.8) is 0 Å². The highest BCUT2D eigenvalue weighted by Crippen LogP contribution is 2.29. The lowest BCUT2D eigenvalue weighted by atomic mass is 10.1. The van der Waals surface area contributed by atoms with Crippen LogP contribution in [0.3, 0.4) is 0 Å². The number of hydrogen-bond acceptors (Lipinski definition) is 7. The van der Waals surface area contributed by atoms with E-state index < -0.39 is 6.10 Å². The fourth-order valence-corrected chi connectivity index (χ4v) is 4.05. The van der Waals surface area contributed by atoms with E-state index in [0.29, 0.717) is 35.4 Å². The lowest BCUT2D eigenvalue weighted by Gasteiger charge is -2.13. The minimum atomic E-state index is -0.652. The van der Waals surface area contributed by atoms with Crippen LogP contribution in [-0.4, -0.2) is 29.8 Å². The highest BCUT2D eigenvalue weighted by molar-refractivity contribution is 7.18. The Hall–Kier alpha value is -3.10. The molecule has 0 saturated carbocycles. The van der Waals surface area contributed by atoms with Gasteiger partial charge in [0.1, 0.15) is 12.3 Å². The number of oxime groups is 1. The van der Waals surface area contributed by atoms with E-state index >= 15 is 0 Å². The number of nitrogens with zero attached hydrogens (tertiary/aromatic N) is 2. The normalized spacial score (nSPS) is 15.2. The van der Waals surface area contributed by atoms with Crippen LogP contribution in [0.5, 0.6) is 11.5 Å². The van der Waals surface area contributed by atoms with Crippen LogP contribution in [0.15, 0.2) is 60.0 Å². The molecule has 3 aromatic rings. The summed E-state index contributed by atoms with van der Waals surface area (Å²) in [6.45, 7) is 0.742. The molecular weight excluding hydrogens is 438 g/mol. The average molecular weight is 458 g/mol. The molecule has 4 rings (SSSR count). The molecular formula is C22H20ClN3O4S. The van der Waals surface area contributed by atoms with Gasteiger partial charge in [-0.3, -0.25) is 9.78 Å². The third-order valence-corrected chi connectivity index (χ3v) is 5.94. The van der Waals surface area contributed by atoms with Crippen LogP contribution in [-0.2, 0) is 22.8 Å². The molecule has 160 valence electrons. The van der Waals surface area contributed by atoms with Crippen molar-refractivity contribution in [3.8, 4) is 11.5 Å². The van der Waals surface area contributed by atoms with Crippen molar-refractivity contribution in [2.45, 2.75) is 25.7 Å². The molecule has 0 radical (unpaired) electrons. The number of carbonyl (C=O) groups excluding carboxylic acids is 1. The molecule has 1 unspecified atom stereocenters. The van der Waals surface area contributed by atoms with E-state index in [1.165, 1.54) is 11.3 Å². The predicted octanol–water partition coefficient (Wildman–Crippen LogP) is 4.19. The van der Waals surface area contributed by atoms with Crippen LogP contribution in [0.1, 0.15) is 22.4 Å². The first-order valence-corrected chi connectivity index (χ1v) is 10.8. The summed E-state index contributed by atoms with van der Waals surface area (Å²) >= 11 is 7.37. The molecule has 0 bridgehead atoms. The number of amides is 1. The maximum Gasteiger partial charge on any atom is 0.264 e. The number of pyridine rings is 1. The largest absolute Gasteiger partial charge is 0.493 e. The van der Waals surface area contributed by atoms with Gasteiger partial charge in [-0.1, -0.05) is 22.8 Å². The number of rotatable bonds is 8. The van der Waals surface area contributed by atoms with Gasteiger partial charge in [0, 0.05) is 25.4 Å². The maximum absolute atomic E-state index is 12.5. The third-order valence-electron chi connectivity index (χ3n) is 4.66. The highest BCUT2D eigenvalue weighted by atomic mass is 35.5. The molecule has 2 aromatic heterocycles. The molecule has 0 spiro atoms. The standard InChI is InChI=1S/C22H20ClN3O4S/c1-28-18-10-15(2-3-17(18)29-13-14-6-8-24-9-7-14)12-25-22(27)19-11-16(26-30-19)20-4-5-21(23)31-20/h2-10,19H,11-13H2,1H3,(H,25,27). The zero-order valence-electron chi connectivity index (χ0n) is 16.7. The molecule has 0 fully saturated rings. The fourth-order valence-electron chi connectivity index (χ4n) is 3.02. The zero-order chi connectivity index (χ0) is 21.6. The van der Waals surface area contributed by atoms with E-state index in [1.807, 2.05) is 36.4 Å². The van der Waals surface area contributed by atoms with Crippen molar-refractivity contribution in [1.29, 1.82) is 0 Å². The van der Waals surface area contributed by atoms with Gasteiger partial charge < -0.3 is 19.6 Å². The van der Waals surface area contributed by atoms with E-state index in [2.05, 4.69) is 15.5 Å². The SMILES string of the molecule is COc1cc(CNC(=O)C2CC(c3ccc(Cl)s3)=NO2)ccc1OCc1ccncc1. The molecule has 3 heterocycles. The van der Waals surface area contributed by atoms with Gasteiger partial charge in [-0.15, -0.1) is 11.3 Å². The Bertz CT molecular complexity index is 1090. The maximum atomic E-state index is 12.5. The summed E-state index contributed by atoms with van der Waals surface area (Å²) in [4.78, 5) is 22.7. The number of benzene rings is 1. The molecule has 0 saturated heterocycles. The third kappa shape index (κ3) is 5.34. The van der Waals surface area contributed by atoms with Gasteiger partial charge in [0.25, 0.3) is 5.91 Å². The summed E-state index contributed by atoms with van der Waals surface area (Å²) < 4.78 is 12.0. The van der Waals surface area contributed by atoms with E-state index in [9.17, 15) is 4.79 Å². The molecule has 31 heavy (non-hydrogen) atoms. The van der Waals surface area contributed by atoms with Crippen molar-refractivity contribution >= 4 is 34.6 Å². The van der Waals surface area contributed by atoms with Gasteiger partial charge in [-0.05, 0) is 47.5 Å². The van der Waals surface area contributed by atoms with Crippen LogP contribution in [0.2, 0.25) is 4.34 Å². The molecule has 1 aliphatic heterocycles. The second-order valence-electron chi connectivity index (χ2n) is 6.79. The fraction of sp³-hybridized carbons (Fsp3) is 0.227. The number of thiophene rings is 1. The Morgan fingerprint density at radius 2 is 2.03 bits per heavy atom. The van der Waals surface area contributed by atoms with Crippen molar-refractivity contribution in [2.75, 3.05) is 7.11 Å². The van der Waals surface area contributed by atoms with Crippen LogP contribution in [0.4, 0.5) is 0 Å². The van der Waals surface area contributed by atoms with Crippen LogP contribution >= 0.6 is 22.9 Å². The van der Waals surface area contributed by atoms with Crippen molar-refractivity contribution in [1.82, 2.24) is 10.3 Å². The minimum absolute atomic E-state index is 0.224. The number of aromatic nitrogens is 1. The second kappa shape index (κ2) is 9.80. The molecule has 1 aliphatic rings. The Labute approximate surface area is 188 Å². The second-order valence-corrected chi connectivity index (χ2v) is 8.50. The Morgan fingerprint density at radius 3 is 2.77 bits per heavy atom. The Morgan fingerprint density at radius 1 is 1.19 bits per heavy atom. The molecule has 1 atom stereocenters. The van der Waals surface area contributed by atoms with Crippen molar-refractivity contribution in [3.05, 3.63) is 75.2 Å². The van der Waals surface area contributed by atoms with Gasteiger partial charge in [-0.2, -0.15) is 0 Å². The first kappa shape index (κ1) is 21.1. The lowest BCUT2D eigenvalue weighted by molar-refractivity contribution is -0.131. The lowest BCUT2D eigenvalue weighted by Crippen LogP contribution is -2.34. The van der Waals surface area contributed by atoms with Gasteiger partial charge in [-0.25, -0.2) is 0 Å². The summed E-state index contributed by atoms with van der Waals surface area (Å²) in [5, 5.41) is 6.91. The monoisotopic (exact) mass is 457 g/mol. The quantitative estimate of drug-likeness (QED) is 0.548. The van der Waals surface area contributed by atoms with E-state index in [4.69, 9.17) is 25.9 Å². The van der Waals surface area contributed by atoms with Crippen LogP contribution in [0, 0.1) is 0 Å². The first-order valence-electron chi connectivity index (χ1n) is 9.57. The zero-order valence-corrected chi connectivity index (χ0v) is 18.3. The van der Waals surface area contributed by atoms with E-state index in [1.54, 1.807) is 25.6 Å². The van der Waals surface area contributed by atoms with Gasteiger partial charge >= 0.3 is 0 Å². The summed E-state index contributed by atoms with van der Waals surface area (Å²) in [5.41, 5.74) is 2.62. The van der Waals surface area contributed by atoms with E-state index in [0.717, 1.165) is 21.7 Å². The smallest absolute Gasteiger partial charge is 0.264 e. The van der Waals surface area contributed by atoms with E-state index in [-0.39, 0.29) is 5.91 Å². The first-order chi connectivity index (χ1) is 15.1. The summed E-state index contributed by atoms with van der Waals surface area (Å²) in [5.74, 6) is 0.998. The number of methoxy groups -OCH3 is 1. The topological polar surface area (TPSA) is 82.0 Å². The molecule has 9 heteroatoms. The average Bonchev–Trinajstić information content (AvgIpc) is 3.46. The number of hydrogen-bond donors (Lipinski definition) is 1. The van der Waals surface area contributed by atoms with Gasteiger partial charge in [0.05, 0.1) is 16.3 Å². The number of halogens is 1. The van der Waals surface area contributed by atoms with Crippen molar-refractivity contribution < 1.29 is 19.1 Å². The molecule has 1 N–H and O–H groups in total. The summed E-state index contributed by atoms with van der Waals surface area (Å²) in [6, 6.07) is 13.0. The summed E-state index contributed by atoms with van der Waals surface area (Å²) in [6.07, 6.45) is 3.20. The number of nitrogens with one attached hydrogen (secondary N) is 1. The van der Waals surface area contributed by atoms with Gasteiger partial charge in [0.2, 0.25) is 6.10 Å². The van der Waals surface area contributed by atoms with Crippen LogP contribution in [0.25, 0.3) is 0 Å². The number of carbonyl (C=O) groups is 1. The Balaban J connectivity index is 1.30.